The molecule has 70 valence electrons. The predicted octanol–water partition coefficient (Wildman–Crippen LogP) is 1.86. The molecule has 0 bridgehead atoms. The number of aliphatic carboxylic acids is 1. The van der Waals surface area contributed by atoms with Crippen LogP contribution in [0.2, 0.25) is 0 Å². The fourth-order valence-corrected chi connectivity index (χ4v) is 1.40. The zero-order chi connectivity index (χ0) is 9.97. The van der Waals surface area contributed by atoms with Gasteiger partial charge >= 0.3 is 5.97 Å². The van der Waals surface area contributed by atoms with Crippen molar-refractivity contribution in [2.75, 3.05) is 0 Å². The lowest BCUT2D eigenvalue weighted by Crippen LogP contribution is -1.99. The van der Waals surface area contributed by atoms with Gasteiger partial charge in [-0.15, -0.1) is 0 Å². The molecule has 1 aromatic carbocycles. The number of hydrogen-bond donors (Lipinski definition) is 1. The van der Waals surface area contributed by atoms with E-state index in [0.29, 0.717) is 0 Å². The molecule has 0 saturated carbocycles. The van der Waals surface area contributed by atoms with Crippen LogP contribution in [0.3, 0.4) is 0 Å². The number of aromatic nitrogens is 1. The molecular formula is C11H9NO2. The molecule has 0 atom stereocenters. The van der Waals surface area contributed by atoms with Gasteiger partial charge in [0.15, 0.2) is 0 Å². The number of pyridine rings is 1. The van der Waals surface area contributed by atoms with Crippen molar-refractivity contribution in [3.8, 4) is 0 Å². The summed E-state index contributed by atoms with van der Waals surface area (Å²) in [6, 6.07) is 9.33. The van der Waals surface area contributed by atoms with E-state index in [2.05, 4.69) is 4.98 Å². The van der Waals surface area contributed by atoms with E-state index in [1.165, 1.54) is 0 Å². The van der Waals surface area contributed by atoms with Crippen LogP contribution in [0, 0.1) is 0 Å². The van der Waals surface area contributed by atoms with Crippen molar-refractivity contribution in [3.63, 3.8) is 0 Å². The Balaban J connectivity index is 2.46. The lowest BCUT2D eigenvalue weighted by molar-refractivity contribution is -0.136. The molecular weight excluding hydrogens is 178 g/mol. The van der Waals surface area contributed by atoms with E-state index >= 15 is 0 Å². The number of carboxylic acids is 1. The Hall–Kier alpha value is -1.90. The van der Waals surface area contributed by atoms with Crippen molar-refractivity contribution in [2.45, 2.75) is 6.42 Å². The van der Waals surface area contributed by atoms with E-state index in [-0.39, 0.29) is 6.42 Å². The van der Waals surface area contributed by atoms with E-state index in [0.717, 1.165) is 16.5 Å². The molecule has 1 aromatic heterocycles. The van der Waals surface area contributed by atoms with Crippen molar-refractivity contribution in [3.05, 3.63) is 42.1 Å². The minimum atomic E-state index is -0.819. The van der Waals surface area contributed by atoms with Crippen LogP contribution in [0.1, 0.15) is 5.56 Å². The van der Waals surface area contributed by atoms with Crippen LogP contribution in [-0.4, -0.2) is 16.1 Å². The molecule has 3 heteroatoms. The fourth-order valence-electron chi connectivity index (χ4n) is 1.40. The lowest BCUT2D eigenvalue weighted by atomic mass is 10.1. The maximum atomic E-state index is 10.5. The second-order valence-electron chi connectivity index (χ2n) is 3.10. The Morgan fingerprint density at radius 3 is 3.00 bits per heavy atom. The average Bonchev–Trinajstić information content (AvgIpc) is 2.17. The summed E-state index contributed by atoms with van der Waals surface area (Å²) in [5.41, 5.74) is 1.62. The molecule has 0 aliphatic carbocycles. The van der Waals surface area contributed by atoms with E-state index in [1.54, 1.807) is 6.20 Å². The van der Waals surface area contributed by atoms with Gasteiger partial charge in [-0.1, -0.05) is 18.2 Å². The van der Waals surface area contributed by atoms with Gasteiger partial charge < -0.3 is 5.11 Å². The Kier molecular flexibility index (Phi) is 2.14. The molecule has 0 unspecified atom stereocenters. The minimum absolute atomic E-state index is 0.0481. The van der Waals surface area contributed by atoms with Crippen LogP contribution in [0.4, 0.5) is 0 Å². The van der Waals surface area contributed by atoms with E-state index in [4.69, 9.17) is 5.11 Å². The van der Waals surface area contributed by atoms with E-state index in [9.17, 15) is 4.79 Å². The number of benzene rings is 1. The number of carboxylic acid groups (broad SMARTS) is 1. The minimum Gasteiger partial charge on any atom is -0.481 e. The number of nitrogens with zero attached hydrogens (tertiary/aromatic N) is 1. The summed E-state index contributed by atoms with van der Waals surface area (Å²) in [4.78, 5) is 14.6. The highest BCUT2D eigenvalue weighted by atomic mass is 16.4. The third-order valence-electron chi connectivity index (χ3n) is 2.03. The molecule has 0 aliphatic rings. The summed E-state index contributed by atoms with van der Waals surface area (Å²) in [5, 5.41) is 9.65. The standard InChI is InChI=1S/C11H9NO2/c13-11(14)7-8-3-4-9-2-1-5-12-10(9)6-8/h1-6H,7H2,(H,13,14). The van der Waals surface area contributed by atoms with Crippen LogP contribution in [0.25, 0.3) is 10.9 Å². The molecule has 2 aromatic rings. The zero-order valence-electron chi connectivity index (χ0n) is 7.47. The number of fused-ring (bicyclic) bond motifs is 1. The molecule has 0 aliphatic heterocycles. The molecule has 0 spiro atoms. The monoisotopic (exact) mass is 187 g/mol. The SMILES string of the molecule is O=C(O)Cc1ccc2cccnc2c1. The van der Waals surface area contributed by atoms with Crippen molar-refractivity contribution >= 4 is 16.9 Å². The summed E-state index contributed by atoms with van der Waals surface area (Å²) in [6.07, 6.45) is 1.75. The first-order chi connectivity index (χ1) is 6.75. The number of hydrogen-bond acceptors (Lipinski definition) is 2. The largest absolute Gasteiger partial charge is 0.481 e. The van der Waals surface area contributed by atoms with Crippen LogP contribution >= 0.6 is 0 Å². The quantitative estimate of drug-likeness (QED) is 0.780. The molecule has 14 heavy (non-hydrogen) atoms. The highest BCUT2D eigenvalue weighted by Crippen LogP contribution is 2.13. The maximum Gasteiger partial charge on any atom is 0.307 e. The zero-order valence-corrected chi connectivity index (χ0v) is 7.47. The Morgan fingerprint density at radius 1 is 1.36 bits per heavy atom. The predicted molar refractivity (Wildman–Crippen MR) is 53.1 cm³/mol. The number of carbonyl (C=O) groups is 1. The van der Waals surface area contributed by atoms with Crippen molar-refractivity contribution in [1.82, 2.24) is 4.98 Å². The van der Waals surface area contributed by atoms with Gasteiger partial charge in [-0.05, 0) is 17.7 Å². The summed E-state index contributed by atoms with van der Waals surface area (Å²) in [7, 11) is 0. The lowest BCUT2D eigenvalue weighted by Gasteiger charge is -1.99. The molecule has 0 fully saturated rings. The number of rotatable bonds is 2. The fraction of sp³-hybridized carbons (Fsp3) is 0.0909. The van der Waals surface area contributed by atoms with E-state index < -0.39 is 5.97 Å². The Morgan fingerprint density at radius 2 is 2.21 bits per heavy atom. The van der Waals surface area contributed by atoms with Crippen molar-refractivity contribution < 1.29 is 9.90 Å². The van der Waals surface area contributed by atoms with Crippen LogP contribution < -0.4 is 0 Å². The first-order valence-electron chi connectivity index (χ1n) is 4.31. The summed E-state index contributed by atoms with van der Waals surface area (Å²) >= 11 is 0. The molecule has 3 nitrogen and oxygen atoms in total. The van der Waals surface area contributed by atoms with Crippen LogP contribution in [0.5, 0.6) is 0 Å². The summed E-state index contributed by atoms with van der Waals surface area (Å²) < 4.78 is 0. The van der Waals surface area contributed by atoms with Gasteiger partial charge in [-0.25, -0.2) is 0 Å². The third kappa shape index (κ3) is 1.71. The van der Waals surface area contributed by atoms with Gasteiger partial charge in [-0.2, -0.15) is 0 Å². The van der Waals surface area contributed by atoms with Gasteiger partial charge in [0.25, 0.3) is 0 Å². The Labute approximate surface area is 81.0 Å². The first-order valence-corrected chi connectivity index (χ1v) is 4.31. The highest BCUT2D eigenvalue weighted by Gasteiger charge is 2.01. The topological polar surface area (TPSA) is 50.2 Å². The smallest absolute Gasteiger partial charge is 0.307 e. The van der Waals surface area contributed by atoms with Gasteiger partial charge in [0, 0.05) is 11.6 Å². The van der Waals surface area contributed by atoms with Gasteiger partial charge in [0.1, 0.15) is 0 Å². The first kappa shape index (κ1) is 8.69. The normalized spacial score (nSPS) is 10.3. The molecule has 1 heterocycles. The molecule has 0 amide bonds. The average molecular weight is 187 g/mol. The van der Waals surface area contributed by atoms with E-state index in [1.807, 2.05) is 30.3 Å². The molecule has 0 saturated heterocycles. The van der Waals surface area contributed by atoms with Crippen molar-refractivity contribution in [2.24, 2.45) is 0 Å². The summed E-state index contributed by atoms with van der Waals surface area (Å²) in [6.45, 7) is 0. The van der Waals surface area contributed by atoms with Gasteiger partial charge in [0.2, 0.25) is 0 Å². The van der Waals surface area contributed by atoms with Crippen LogP contribution in [-0.2, 0) is 11.2 Å². The molecule has 2 rings (SSSR count). The van der Waals surface area contributed by atoms with Crippen molar-refractivity contribution in [1.29, 1.82) is 0 Å². The summed E-state index contributed by atoms with van der Waals surface area (Å²) in [5.74, 6) is -0.819. The third-order valence-corrected chi connectivity index (χ3v) is 2.03. The maximum absolute atomic E-state index is 10.5. The van der Waals surface area contributed by atoms with Crippen LogP contribution in [0.15, 0.2) is 36.5 Å². The van der Waals surface area contributed by atoms with Gasteiger partial charge in [-0.3, -0.25) is 9.78 Å². The highest BCUT2D eigenvalue weighted by molar-refractivity contribution is 5.80. The second kappa shape index (κ2) is 3.46. The second-order valence-corrected chi connectivity index (χ2v) is 3.10. The Bertz CT molecular complexity index is 479. The molecule has 0 radical (unpaired) electrons. The van der Waals surface area contributed by atoms with Gasteiger partial charge in [0.05, 0.1) is 11.9 Å². The molecule has 1 N–H and O–H groups in total.